The number of hydrogen-bond donors (Lipinski definition) is 2. The maximum absolute atomic E-state index is 12.6. The first kappa shape index (κ1) is 24.1. The van der Waals surface area contributed by atoms with E-state index in [0.717, 1.165) is 64.2 Å². The van der Waals surface area contributed by atoms with Gasteiger partial charge in [-0.3, -0.25) is 19.5 Å². The molecule has 0 spiro atoms. The predicted octanol–water partition coefficient (Wildman–Crippen LogP) is 4.39. The number of hydrogen-bond acceptors (Lipinski definition) is 4. The SMILES string of the molecule is CCCCCCCCC1(CCCCCCCC)C(=O)NC(=O)C1S(=O)(=O)O. The van der Waals surface area contributed by atoms with Crippen LogP contribution in [0.4, 0.5) is 0 Å². The predicted molar refractivity (Wildman–Crippen MR) is 107 cm³/mol. The fourth-order valence-electron chi connectivity index (χ4n) is 4.15. The van der Waals surface area contributed by atoms with Crippen LogP contribution in [-0.4, -0.2) is 30.0 Å². The molecule has 2 amide bonds. The molecule has 2 N–H and O–H groups in total. The fraction of sp³-hybridized carbons (Fsp3) is 0.900. The Kier molecular flexibility index (Phi) is 10.5. The van der Waals surface area contributed by atoms with Crippen molar-refractivity contribution in [2.45, 2.75) is 109 Å². The highest BCUT2D eigenvalue weighted by Gasteiger charge is 2.59. The molecule has 1 rings (SSSR count). The smallest absolute Gasteiger partial charge is 0.278 e. The minimum absolute atomic E-state index is 0.329. The van der Waals surface area contributed by atoms with Gasteiger partial charge in [0.1, 0.15) is 0 Å². The number of imide groups is 1. The minimum atomic E-state index is -4.63. The molecule has 1 heterocycles. The zero-order chi connectivity index (χ0) is 20.3. The number of carbonyl (C=O) groups excluding carboxylic acids is 2. The molecule has 0 bridgehead atoms. The molecule has 1 fully saturated rings. The molecule has 0 aromatic heterocycles. The monoisotopic (exact) mass is 403 g/mol. The van der Waals surface area contributed by atoms with E-state index in [4.69, 9.17) is 0 Å². The first-order valence-electron chi connectivity index (χ1n) is 10.6. The van der Waals surface area contributed by atoms with Gasteiger partial charge >= 0.3 is 0 Å². The van der Waals surface area contributed by atoms with Crippen molar-refractivity contribution >= 4 is 21.9 Å². The van der Waals surface area contributed by atoms with Gasteiger partial charge in [0.05, 0.1) is 5.41 Å². The molecule has 1 unspecified atom stereocenters. The number of amides is 2. The van der Waals surface area contributed by atoms with E-state index >= 15 is 0 Å². The van der Waals surface area contributed by atoms with Gasteiger partial charge in [-0.1, -0.05) is 90.9 Å². The number of nitrogens with one attached hydrogen (secondary N) is 1. The lowest BCUT2D eigenvalue weighted by atomic mass is 9.76. The lowest BCUT2D eigenvalue weighted by Gasteiger charge is -2.30. The molecular weight excluding hydrogens is 366 g/mol. The van der Waals surface area contributed by atoms with Crippen molar-refractivity contribution in [1.29, 1.82) is 0 Å². The summed E-state index contributed by atoms with van der Waals surface area (Å²) in [6, 6.07) is 0. The van der Waals surface area contributed by atoms with Crippen molar-refractivity contribution in [3.63, 3.8) is 0 Å². The van der Waals surface area contributed by atoms with Crippen molar-refractivity contribution < 1.29 is 22.6 Å². The Hall–Kier alpha value is -0.950. The third kappa shape index (κ3) is 7.18. The maximum Gasteiger partial charge on any atom is 0.278 e. The second kappa shape index (κ2) is 11.8. The summed E-state index contributed by atoms with van der Waals surface area (Å²) in [4.78, 5) is 24.7. The normalized spacial score (nSPS) is 19.4. The highest BCUT2D eigenvalue weighted by Crippen LogP contribution is 2.42. The van der Waals surface area contributed by atoms with Crippen molar-refractivity contribution in [3.05, 3.63) is 0 Å². The molecule has 27 heavy (non-hydrogen) atoms. The van der Waals surface area contributed by atoms with E-state index in [1.807, 2.05) is 0 Å². The van der Waals surface area contributed by atoms with Gasteiger partial charge in [-0.2, -0.15) is 8.42 Å². The molecule has 1 saturated heterocycles. The molecular formula is C20H37NO5S. The molecule has 0 radical (unpaired) electrons. The second-order valence-electron chi connectivity index (χ2n) is 7.91. The van der Waals surface area contributed by atoms with Gasteiger partial charge in [0, 0.05) is 0 Å². The summed E-state index contributed by atoms with van der Waals surface area (Å²) in [6.45, 7) is 4.28. The standard InChI is InChI=1S/C20H37NO5S/c1-3-5-7-9-11-13-15-20(16-14-12-10-8-6-4-2)17(27(24,25)26)18(22)21-19(20)23/h17H,3-16H2,1-2H3,(H,21,22,23)(H,24,25,26). The fourth-order valence-corrected chi connectivity index (χ4v) is 5.39. The quantitative estimate of drug-likeness (QED) is 0.240. The van der Waals surface area contributed by atoms with Crippen LogP contribution in [0.5, 0.6) is 0 Å². The van der Waals surface area contributed by atoms with Gasteiger partial charge in [0.2, 0.25) is 11.8 Å². The third-order valence-corrected chi connectivity index (χ3v) is 6.94. The molecule has 158 valence electrons. The summed E-state index contributed by atoms with van der Waals surface area (Å²) in [5, 5.41) is 0.507. The summed E-state index contributed by atoms with van der Waals surface area (Å²) in [5.41, 5.74) is -1.32. The van der Waals surface area contributed by atoms with Crippen LogP contribution in [0.2, 0.25) is 0 Å². The van der Waals surface area contributed by atoms with E-state index in [1.165, 1.54) is 0 Å². The maximum atomic E-state index is 12.6. The van der Waals surface area contributed by atoms with Gasteiger partial charge in [-0.05, 0) is 12.8 Å². The van der Waals surface area contributed by atoms with E-state index in [1.54, 1.807) is 0 Å². The largest absolute Gasteiger partial charge is 0.295 e. The summed E-state index contributed by atoms with van der Waals surface area (Å²) in [7, 11) is -4.63. The zero-order valence-corrected chi connectivity index (χ0v) is 17.8. The molecule has 0 saturated carbocycles. The first-order valence-corrected chi connectivity index (χ1v) is 12.1. The van der Waals surface area contributed by atoms with Crippen LogP contribution in [0.25, 0.3) is 0 Å². The highest BCUT2D eigenvalue weighted by molar-refractivity contribution is 7.87. The van der Waals surface area contributed by atoms with Crippen LogP contribution < -0.4 is 5.32 Å². The van der Waals surface area contributed by atoms with Gasteiger partial charge < -0.3 is 0 Å². The van der Waals surface area contributed by atoms with Crippen LogP contribution in [0.15, 0.2) is 0 Å². The summed E-state index contributed by atoms with van der Waals surface area (Å²) < 4.78 is 33.4. The molecule has 1 aliphatic rings. The average Bonchev–Trinajstić information content (AvgIpc) is 2.84. The Balaban J connectivity index is 2.78. The van der Waals surface area contributed by atoms with E-state index in [9.17, 15) is 22.6 Å². The Morgan fingerprint density at radius 2 is 1.22 bits per heavy atom. The molecule has 1 atom stereocenters. The van der Waals surface area contributed by atoms with Crippen LogP contribution in [0.1, 0.15) is 104 Å². The Labute approximate surface area is 164 Å². The van der Waals surface area contributed by atoms with E-state index in [0.29, 0.717) is 25.7 Å². The average molecular weight is 404 g/mol. The van der Waals surface area contributed by atoms with Gasteiger partial charge in [0.25, 0.3) is 10.1 Å². The zero-order valence-electron chi connectivity index (χ0n) is 17.0. The van der Waals surface area contributed by atoms with E-state index in [-0.39, 0.29) is 0 Å². The number of unbranched alkanes of at least 4 members (excludes halogenated alkanes) is 10. The molecule has 1 aliphatic heterocycles. The van der Waals surface area contributed by atoms with Crippen LogP contribution in [0.3, 0.4) is 0 Å². The molecule has 0 aromatic rings. The topological polar surface area (TPSA) is 101 Å². The van der Waals surface area contributed by atoms with Crippen molar-refractivity contribution in [2.24, 2.45) is 5.41 Å². The third-order valence-electron chi connectivity index (χ3n) is 5.68. The summed E-state index contributed by atoms with van der Waals surface area (Å²) in [6.07, 6.45) is 12.8. The Morgan fingerprint density at radius 3 is 1.63 bits per heavy atom. The first-order chi connectivity index (χ1) is 12.8. The van der Waals surface area contributed by atoms with Crippen LogP contribution >= 0.6 is 0 Å². The van der Waals surface area contributed by atoms with Gasteiger partial charge in [-0.25, -0.2) is 0 Å². The van der Waals surface area contributed by atoms with Gasteiger partial charge in [0.15, 0.2) is 5.25 Å². The summed E-state index contributed by atoms with van der Waals surface area (Å²) in [5.74, 6) is -1.41. The molecule has 0 aromatic carbocycles. The highest BCUT2D eigenvalue weighted by atomic mass is 32.2. The Morgan fingerprint density at radius 1 is 0.815 bits per heavy atom. The van der Waals surface area contributed by atoms with Crippen molar-refractivity contribution in [1.82, 2.24) is 5.32 Å². The van der Waals surface area contributed by atoms with Crippen LogP contribution in [0, 0.1) is 5.41 Å². The molecule has 0 aliphatic carbocycles. The number of rotatable bonds is 15. The molecule has 7 heteroatoms. The number of carbonyl (C=O) groups is 2. The van der Waals surface area contributed by atoms with Crippen LogP contribution in [-0.2, 0) is 19.7 Å². The second-order valence-corrected chi connectivity index (χ2v) is 9.41. The summed E-state index contributed by atoms with van der Waals surface area (Å²) >= 11 is 0. The van der Waals surface area contributed by atoms with Gasteiger partial charge in [-0.15, -0.1) is 0 Å². The van der Waals surface area contributed by atoms with Crippen molar-refractivity contribution in [3.8, 4) is 0 Å². The Bertz CT molecular complexity index is 557. The molecule has 6 nitrogen and oxygen atoms in total. The minimum Gasteiger partial charge on any atom is -0.295 e. The van der Waals surface area contributed by atoms with Crippen molar-refractivity contribution in [2.75, 3.05) is 0 Å². The van der Waals surface area contributed by atoms with E-state index < -0.39 is 32.6 Å². The lowest BCUT2D eigenvalue weighted by Crippen LogP contribution is -2.43. The van der Waals surface area contributed by atoms with E-state index in [2.05, 4.69) is 19.2 Å². The lowest BCUT2D eigenvalue weighted by molar-refractivity contribution is -0.129.